The van der Waals surface area contributed by atoms with Crippen LogP contribution in [0.1, 0.15) is 37.8 Å². The zero-order chi connectivity index (χ0) is 26.6. The number of esters is 1. The lowest BCUT2D eigenvalue weighted by atomic mass is 9.83. The third-order valence-electron chi connectivity index (χ3n) is 6.16. The number of rotatable bonds is 7. The van der Waals surface area contributed by atoms with E-state index in [1.165, 1.54) is 16.9 Å². The Labute approximate surface area is 224 Å². The number of benzene rings is 3. The number of nitrogens with two attached hydrogens (primary N) is 1. The second-order valence-corrected chi connectivity index (χ2v) is 9.62. The van der Waals surface area contributed by atoms with Gasteiger partial charge in [0.25, 0.3) is 0 Å². The quantitative estimate of drug-likeness (QED) is 0.231. The highest BCUT2D eigenvalue weighted by atomic mass is 32.1. The first kappa shape index (κ1) is 24.9. The Morgan fingerprint density at radius 1 is 1.08 bits per heavy atom. The van der Waals surface area contributed by atoms with Crippen LogP contribution in [0.25, 0.3) is 0 Å². The summed E-state index contributed by atoms with van der Waals surface area (Å²) in [6.45, 7) is 2.43. The van der Waals surface area contributed by atoms with E-state index in [1.54, 1.807) is 42.8 Å². The predicted molar refractivity (Wildman–Crippen MR) is 144 cm³/mol. The minimum absolute atomic E-state index is 0.00889. The van der Waals surface area contributed by atoms with Gasteiger partial charge in [-0.2, -0.15) is 5.26 Å². The highest BCUT2D eigenvalue weighted by Crippen LogP contribution is 2.45. The molecule has 0 saturated heterocycles. The first-order chi connectivity index (χ1) is 18.5. The fraction of sp³-hybridized carbons (Fsp3) is 0.133. The predicted octanol–water partition coefficient (Wildman–Crippen LogP) is 6.08. The van der Waals surface area contributed by atoms with Gasteiger partial charge in [0, 0.05) is 11.6 Å². The summed E-state index contributed by atoms with van der Waals surface area (Å²) in [4.78, 5) is 12.9. The van der Waals surface area contributed by atoms with E-state index in [0.29, 0.717) is 40.0 Å². The van der Waals surface area contributed by atoms with Crippen LogP contribution in [-0.2, 0) is 6.61 Å². The zero-order valence-corrected chi connectivity index (χ0v) is 21.6. The number of nitriles is 1. The lowest BCUT2D eigenvalue weighted by molar-refractivity contribution is 0.0739. The van der Waals surface area contributed by atoms with E-state index >= 15 is 0 Å². The van der Waals surface area contributed by atoms with Crippen LogP contribution in [0.3, 0.4) is 0 Å². The Balaban J connectivity index is 1.44. The van der Waals surface area contributed by atoms with E-state index < -0.39 is 11.9 Å². The maximum Gasteiger partial charge on any atom is 0.353 e. The summed E-state index contributed by atoms with van der Waals surface area (Å²) in [6, 6.07) is 24.4. The number of carbonyl (C=O) groups is 1. The molecule has 1 aliphatic rings. The van der Waals surface area contributed by atoms with Crippen molar-refractivity contribution in [2.24, 2.45) is 5.73 Å². The minimum atomic E-state index is -0.508. The number of fused-ring (bicyclic) bond motifs is 1. The maximum absolute atomic E-state index is 12.4. The molecule has 0 aliphatic carbocycles. The molecule has 7 nitrogen and oxygen atoms in total. The first-order valence-corrected chi connectivity index (χ1v) is 12.7. The largest absolute Gasteiger partial charge is 0.493 e. The van der Waals surface area contributed by atoms with Gasteiger partial charge >= 0.3 is 5.97 Å². The van der Waals surface area contributed by atoms with Crippen LogP contribution in [0.4, 0.5) is 0 Å². The topological polar surface area (TPSA) is 104 Å². The molecule has 0 bridgehead atoms. The summed E-state index contributed by atoms with van der Waals surface area (Å²) in [5.74, 6) is 0.847. The van der Waals surface area contributed by atoms with Crippen molar-refractivity contribution in [1.29, 1.82) is 5.26 Å². The van der Waals surface area contributed by atoms with E-state index in [0.717, 1.165) is 11.1 Å². The highest BCUT2D eigenvalue weighted by molar-refractivity contribution is 7.12. The van der Waals surface area contributed by atoms with E-state index in [2.05, 4.69) is 6.07 Å². The number of allylic oxidation sites excluding steroid dienone is 1. The fourth-order valence-electron chi connectivity index (χ4n) is 4.22. The normalized spacial score (nSPS) is 14.2. The third-order valence-corrected chi connectivity index (χ3v) is 7.01. The second-order valence-electron chi connectivity index (χ2n) is 8.68. The molecule has 3 aromatic carbocycles. The molecular weight excluding hydrogens is 500 g/mol. The van der Waals surface area contributed by atoms with Crippen molar-refractivity contribution >= 4 is 17.3 Å². The number of aryl methyl sites for hydroxylation is 1. The molecule has 5 rings (SSSR count). The van der Waals surface area contributed by atoms with Crippen molar-refractivity contribution < 1.29 is 23.7 Å². The van der Waals surface area contributed by atoms with Crippen molar-refractivity contribution in [3.8, 4) is 29.1 Å². The van der Waals surface area contributed by atoms with E-state index in [4.69, 9.17) is 24.7 Å². The van der Waals surface area contributed by atoms with Crippen molar-refractivity contribution in [2.45, 2.75) is 19.4 Å². The summed E-state index contributed by atoms with van der Waals surface area (Å²) in [6.07, 6.45) is 0. The summed E-state index contributed by atoms with van der Waals surface area (Å²) >= 11 is 1.30. The van der Waals surface area contributed by atoms with Crippen LogP contribution in [-0.4, -0.2) is 13.1 Å². The Morgan fingerprint density at radius 2 is 1.89 bits per heavy atom. The number of hydrogen-bond donors (Lipinski definition) is 1. The molecule has 38 heavy (non-hydrogen) atoms. The summed E-state index contributed by atoms with van der Waals surface area (Å²) in [5.41, 5.74) is 10.1. The van der Waals surface area contributed by atoms with Gasteiger partial charge in [0.15, 0.2) is 11.5 Å². The monoisotopic (exact) mass is 524 g/mol. The SMILES string of the molecule is COc1cc(C2C(C#N)=C(N)Oc3cc(OC(=O)c4cccs4)ccc32)ccc1OCc1ccc(C)cc1. The van der Waals surface area contributed by atoms with E-state index in [9.17, 15) is 10.1 Å². The molecule has 0 amide bonds. The van der Waals surface area contributed by atoms with Crippen LogP contribution in [0.5, 0.6) is 23.0 Å². The molecule has 2 heterocycles. The van der Waals surface area contributed by atoms with E-state index in [-0.39, 0.29) is 11.5 Å². The molecule has 1 atom stereocenters. The van der Waals surface area contributed by atoms with Crippen LogP contribution < -0.4 is 24.7 Å². The molecule has 8 heteroatoms. The molecule has 0 spiro atoms. The summed E-state index contributed by atoms with van der Waals surface area (Å²) < 4.78 is 22.9. The average Bonchev–Trinajstić information content (AvgIpc) is 3.47. The molecule has 2 N–H and O–H groups in total. The minimum Gasteiger partial charge on any atom is -0.493 e. The number of ether oxygens (including phenoxy) is 4. The van der Waals surface area contributed by atoms with Gasteiger partial charge in [0.1, 0.15) is 34.6 Å². The lowest BCUT2D eigenvalue weighted by Crippen LogP contribution is -2.21. The number of hydrogen-bond acceptors (Lipinski definition) is 8. The Morgan fingerprint density at radius 3 is 2.61 bits per heavy atom. The molecule has 1 aliphatic heterocycles. The molecule has 0 radical (unpaired) electrons. The van der Waals surface area contributed by atoms with Gasteiger partial charge < -0.3 is 24.7 Å². The molecular formula is C30H24N2O5S. The van der Waals surface area contributed by atoms with Gasteiger partial charge in [0.2, 0.25) is 5.88 Å². The first-order valence-electron chi connectivity index (χ1n) is 11.8. The Bertz CT molecular complexity index is 1550. The number of nitrogens with zero attached hydrogens (tertiary/aromatic N) is 1. The van der Waals surface area contributed by atoms with Gasteiger partial charge in [-0.25, -0.2) is 4.79 Å². The van der Waals surface area contributed by atoms with Gasteiger partial charge in [0.05, 0.1) is 13.0 Å². The van der Waals surface area contributed by atoms with Crippen LogP contribution in [0.2, 0.25) is 0 Å². The Hall–Kier alpha value is -4.74. The van der Waals surface area contributed by atoms with Gasteiger partial charge in [-0.15, -0.1) is 11.3 Å². The molecule has 4 aromatic rings. The molecule has 190 valence electrons. The average molecular weight is 525 g/mol. The van der Waals surface area contributed by atoms with Crippen LogP contribution in [0, 0.1) is 18.3 Å². The summed E-state index contributed by atoms with van der Waals surface area (Å²) in [5, 5.41) is 11.7. The Kier molecular flexibility index (Phi) is 7.03. The molecule has 0 fully saturated rings. The van der Waals surface area contributed by atoms with Gasteiger partial charge in [-0.3, -0.25) is 0 Å². The lowest BCUT2D eigenvalue weighted by Gasteiger charge is -2.27. The number of methoxy groups -OCH3 is 1. The van der Waals surface area contributed by atoms with Crippen molar-refractivity contribution in [3.05, 3.63) is 117 Å². The smallest absolute Gasteiger partial charge is 0.353 e. The summed E-state index contributed by atoms with van der Waals surface area (Å²) in [7, 11) is 1.57. The second kappa shape index (κ2) is 10.7. The van der Waals surface area contributed by atoms with E-state index in [1.807, 2.05) is 49.4 Å². The molecule has 1 unspecified atom stereocenters. The van der Waals surface area contributed by atoms with Crippen LogP contribution >= 0.6 is 11.3 Å². The van der Waals surface area contributed by atoms with Crippen molar-refractivity contribution in [2.75, 3.05) is 7.11 Å². The number of carbonyl (C=O) groups excluding carboxylic acids is 1. The van der Waals surface area contributed by atoms with Gasteiger partial charge in [-0.1, -0.05) is 48.0 Å². The van der Waals surface area contributed by atoms with Crippen molar-refractivity contribution in [3.63, 3.8) is 0 Å². The van der Waals surface area contributed by atoms with Crippen molar-refractivity contribution in [1.82, 2.24) is 0 Å². The molecule has 0 saturated carbocycles. The number of thiophene rings is 1. The fourth-order valence-corrected chi connectivity index (χ4v) is 4.82. The van der Waals surface area contributed by atoms with Crippen LogP contribution in [0.15, 0.2) is 89.6 Å². The van der Waals surface area contributed by atoms with Gasteiger partial charge in [-0.05, 0) is 47.7 Å². The molecule has 1 aromatic heterocycles. The third kappa shape index (κ3) is 5.05. The zero-order valence-electron chi connectivity index (χ0n) is 20.8. The maximum atomic E-state index is 12.4. The highest BCUT2D eigenvalue weighted by Gasteiger charge is 2.32. The standard InChI is InChI=1S/C30H24N2O5S/c1-18-5-7-19(8-6-18)17-35-24-12-9-20(14-26(24)34-2)28-22-11-10-21(36-30(33)27-4-3-13-38-27)15-25(22)37-29(32)23(28)16-31/h3-15,28H,17,32H2,1-2H3.